The highest BCUT2D eigenvalue weighted by atomic mass is 79.9. The Balaban J connectivity index is 1.96. The molecule has 2 aliphatic heterocycles. The molecule has 0 radical (unpaired) electrons. The Bertz CT molecular complexity index is 524. The fraction of sp³-hybridized carbons (Fsp3) is 0.300. The first-order valence-electron chi connectivity index (χ1n) is 5.19. The number of halogens is 1. The third kappa shape index (κ3) is 2.55. The van der Waals surface area contributed by atoms with Crippen LogP contribution in [-0.4, -0.2) is 46.1 Å². The molecule has 4 amide bonds. The maximum Gasteiger partial charge on any atom is 0.352 e. The summed E-state index contributed by atoms with van der Waals surface area (Å²) in [5.41, 5.74) is 0. The second-order valence-corrected chi connectivity index (χ2v) is 4.62. The van der Waals surface area contributed by atoms with Crippen LogP contribution >= 0.6 is 15.9 Å². The third-order valence-electron chi connectivity index (χ3n) is 2.45. The monoisotopic (exact) mass is 330 g/mol. The van der Waals surface area contributed by atoms with Crippen molar-refractivity contribution in [2.24, 2.45) is 0 Å². The number of imide groups is 2. The van der Waals surface area contributed by atoms with Gasteiger partial charge in [-0.25, -0.2) is 4.79 Å². The molecule has 2 heterocycles. The summed E-state index contributed by atoms with van der Waals surface area (Å²) in [6.07, 6.45) is 0.962. The normalized spacial score (nSPS) is 19.3. The summed E-state index contributed by atoms with van der Waals surface area (Å²) in [5.74, 6) is -3.65. The van der Waals surface area contributed by atoms with Gasteiger partial charge in [-0.15, -0.1) is 5.06 Å². The molecule has 0 unspecified atom stereocenters. The second kappa shape index (κ2) is 4.92. The quantitative estimate of drug-likeness (QED) is 0.630. The Hall–Kier alpha value is -2.03. The Morgan fingerprint density at radius 2 is 1.79 bits per heavy atom. The van der Waals surface area contributed by atoms with Crippen LogP contribution in [0.5, 0.6) is 0 Å². The molecule has 0 aromatic carbocycles. The lowest BCUT2D eigenvalue weighted by molar-refractivity contribution is -0.198. The lowest BCUT2D eigenvalue weighted by atomic mass is 10.4. The Kier molecular flexibility index (Phi) is 3.47. The SMILES string of the molecule is O=C(CN1C(=O)C=C(Br)C1=O)ON1C(=O)CCC1=O. The van der Waals surface area contributed by atoms with Crippen molar-refractivity contribution in [2.75, 3.05) is 6.54 Å². The van der Waals surface area contributed by atoms with E-state index in [1.165, 1.54) is 0 Å². The minimum Gasteiger partial charge on any atom is -0.328 e. The number of hydrogen-bond acceptors (Lipinski definition) is 6. The van der Waals surface area contributed by atoms with E-state index in [4.69, 9.17) is 0 Å². The summed E-state index contributed by atoms with van der Waals surface area (Å²) in [4.78, 5) is 61.9. The molecule has 9 heteroatoms. The summed E-state index contributed by atoms with van der Waals surface area (Å²) in [6, 6.07) is 0. The van der Waals surface area contributed by atoms with Crippen molar-refractivity contribution in [3.63, 3.8) is 0 Å². The number of nitrogens with zero attached hydrogens (tertiary/aromatic N) is 2. The molecule has 0 aliphatic carbocycles. The molecule has 2 aliphatic rings. The molecule has 0 N–H and O–H groups in total. The zero-order valence-electron chi connectivity index (χ0n) is 9.42. The van der Waals surface area contributed by atoms with Gasteiger partial charge in [-0.05, 0) is 15.9 Å². The van der Waals surface area contributed by atoms with Crippen molar-refractivity contribution < 1.29 is 28.8 Å². The van der Waals surface area contributed by atoms with E-state index in [2.05, 4.69) is 20.8 Å². The van der Waals surface area contributed by atoms with Crippen LogP contribution in [0, 0.1) is 0 Å². The van der Waals surface area contributed by atoms with Gasteiger partial charge in [0.15, 0.2) is 0 Å². The topological polar surface area (TPSA) is 101 Å². The van der Waals surface area contributed by atoms with Crippen LogP contribution in [0.2, 0.25) is 0 Å². The van der Waals surface area contributed by atoms with Gasteiger partial charge in [-0.3, -0.25) is 24.1 Å². The highest BCUT2D eigenvalue weighted by Crippen LogP contribution is 2.18. The molecule has 19 heavy (non-hydrogen) atoms. The van der Waals surface area contributed by atoms with Gasteiger partial charge in [0.05, 0.1) is 4.48 Å². The van der Waals surface area contributed by atoms with E-state index in [-0.39, 0.29) is 17.3 Å². The van der Waals surface area contributed by atoms with Gasteiger partial charge >= 0.3 is 5.97 Å². The van der Waals surface area contributed by atoms with Crippen LogP contribution in [0.25, 0.3) is 0 Å². The molecule has 100 valence electrons. The lowest BCUT2D eigenvalue weighted by Gasteiger charge is -2.16. The summed E-state index contributed by atoms with van der Waals surface area (Å²) in [5, 5.41) is 0.357. The van der Waals surface area contributed by atoms with Crippen molar-refractivity contribution in [2.45, 2.75) is 12.8 Å². The number of hydrogen-bond donors (Lipinski definition) is 0. The summed E-state index contributed by atoms with van der Waals surface area (Å²) < 4.78 is 0.0265. The van der Waals surface area contributed by atoms with Crippen LogP contribution in [0.1, 0.15) is 12.8 Å². The van der Waals surface area contributed by atoms with E-state index in [0.29, 0.717) is 9.96 Å². The van der Waals surface area contributed by atoms with E-state index in [1.807, 2.05) is 0 Å². The van der Waals surface area contributed by atoms with Crippen molar-refractivity contribution in [1.29, 1.82) is 0 Å². The lowest BCUT2D eigenvalue weighted by Crippen LogP contribution is -2.40. The van der Waals surface area contributed by atoms with E-state index in [0.717, 1.165) is 6.08 Å². The number of hydroxylamine groups is 2. The predicted molar refractivity (Wildman–Crippen MR) is 60.9 cm³/mol. The largest absolute Gasteiger partial charge is 0.352 e. The predicted octanol–water partition coefficient (Wildman–Crippen LogP) is -0.759. The smallest absolute Gasteiger partial charge is 0.328 e. The minimum absolute atomic E-state index is 0.0265. The van der Waals surface area contributed by atoms with Crippen molar-refractivity contribution >= 4 is 45.5 Å². The molecule has 0 atom stereocenters. The van der Waals surface area contributed by atoms with Gasteiger partial charge in [0.1, 0.15) is 6.54 Å². The fourth-order valence-corrected chi connectivity index (χ4v) is 1.95. The molecule has 0 spiro atoms. The highest BCUT2D eigenvalue weighted by Gasteiger charge is 2.36. The zero-order chi connectivity index (χ0) is 14.2. The van der Waals surface area contributed by atoms with Crippen molar-refractivity contribution in [1.82, 2.24) is 9.96 Å². The first-order valence-corrected chi connectivity index (χ1v) is 5.99. The van der Waals surface area contributed by atoms with Crippen LogP contribution in [0.15, 0.2) is 10.6 Å². The number of carbonyl (C=O) groups excluding carboxylic acids is 5. The molecule has 0 aromatic heterocycles. The molecule has 2 rings (SSSR count). The van der Waals surface area contributed by atoms with Crippen LogP contribution in [-0.2, 0) is 28.8 Å². The van der Waals surface area contributed by atoms with Gasteiger partial charge in [0.25, 0.3) is 23.6 Å². The van der Waals surface area contributed by atoms with Crippen LogP contribution < -0.4 is 0 Å². The van der Waals surface area contributed by atoms with Crippen LogP contribution in [0.4, 0.5) is 0 Å². The maximum absolute atomic E-state index is 11.5. The second-order valence-electron chi connectivity index (χ2n) is 3.77. The van der Waals surface area contributed by atoms with E-state index in [9.17, 15) is 24.0 Å². The van der Waals surface area contributed by atoms with Crippen LogP contribution in [0.3, 0.4) is 0 Å². The number of rotatable bonds is 3. The molecule has 1 fully saturated rings. The minimum atomic E-state index is -1.04. The zero-order valence-corrected chi connectivity index (χ0v) is 11.0. The molecule has 0 bridgehead atoms. The first-order chi connectivity index (χ1) is 8.90. The van der Waals surface area contributed by atoms with E-state index in [1.54, 1.807) is 0 Å². The Morgan fingerprint density at radius 3 is 2.26 bits per heavy atom. The fourth-order valence-electron chi connectivity index (χ4n) is 1.54. The Labute approximate surface area is 115 Å². The molecule has 8 nitrogen and oxygen atoms in total. The molecule has 0 saturated carbocycles. The molecular weight excluding hydrogens is 324 g/mol. The Morgan fingerprint density at radius 1 is 1.21 bits per heavy atom. The average Bonchev–Trinajstić information content (AvgIpc) is 2.77. The maximum atomic E-state index is 11.5. The molecule has 1 saturated heterocycles. The van der Waals surface area contributed by atoms with Gasteiger partial charge in [0, 0.05) is 18.9 Å². The van der Waals surface area contributed by atoms with E-state index >= 15 is 0 Å². The first kappa shape index (κ1) is 13.4. The van der Waals surface area contributed by atoms with Gasteiger partial charge in [0.2, 0.25) is 0 Å². The highest BCUT2D eigenvalue weighted by molar-refractivity contribution is 9.12. The van der Waals surface area contributed by atoms with E-state index < -0.39 is 36.1 Å². The van der Waals surface area contributed by atoms with Crippen molar-refractivity contribution in [3.8, 4) is 0 Å². The number of carbonyl (C=O) groups is 5. The van der Waals surface area contributed by atoms with Crippen molar-refractivity contribution in [3.05, 3.63) is 10.6 Å². The average molecular weight is 331 g/mol. The summed E-state index contributed by atoms with van der Waals surface area (Å²) >= 11 is 2.86. The molecular formula is C10H7BrN2O6. The summed E-state index contributed by atoms with van der Waals surface area (Å²) in [6.45, 7) is -0.666. The summed E-state index contributed by atoms with van der Waals surface area (Å²) in [7, 11) is 0. The number of amides is 4. The molecule has 0 aromatic rings. The van der Waals surface area contributed by atoms with Gasteiger partial charge < -0.3 is 4.84 Å². The standard InChI is InChI=1S/C10H7BrN2O6/c11-5-3-8(16)12(10(5)18)4-9(17)19-13-6(14)1-2-7(13)15/h3H,1-2,4H2. The van der Waals surface area contributed by atoms with Gasteiger partial charge in [-0.2, -0.15) is 0 Å². The van der Waals surface area contributed by atoms with Gasteiger partial charge in [-0.1, -0.05) is 0 Å². The third-order valence-corrected chi connectivity index (χ3v) is 3.02.